The standard InChI is InChI=1S/C8H3Cl3N2O/c9-3-1-2-4(10)6-5(3)7(14)13-8(11)12-6/h1-2H,(H,12,13,14). The van der Waals surface area contributed by atoms with Gasteiger partial charge in [-0.2, -0.15) is 0 Å². The molecular formula is C8H3Cl3N2O. The number of halogens is 3. The maximum absolute atomic E-state index is 11.4. The molecular weight excluding hydrogens is 246 g/mol. The molecule has 14 heavy (non-hydrogen) atoms. The maximum atomic E-state index is 11.4. The van der Waals surface area contributed by atoms with Gasteiger partial charge in [0.1, 0.15) is 0 Å². The second-order valence-corrected chi connectivity index (χ2v) is 3.78. The van der Waals surface area contributed by atoms with Crippen molar-refractivity contribution in [3.63, 3.8) is 0 Å². The van der Waals surface area contributed by atoms with Crippen LogP contribution in [0.2, 0.25) is 15.3 Å². The van der Waals surface area contributed by atoms with E-state index in [4.69, 9.17) is 34.8 Å². The maximum Gasteiger partial charge on any atom is 0.261 e. The molecule has 0 aliphatic carbocycles. The van der Waals surface area contributed by atoms with Gasteiger partial charge in [0.05, 0.1) is 20.9 Å². The third-order valence-corrected chi connectivity index (χ3v) is 2.53. The van der Waals surface area contributed by atoms with Gasteiger partial charge in [0, 0.05) is 0 Å². The smallest absolute Gasteiger partial charge is 0.261 e. The molecule has 0 amide bonds. The molecule has 3 nitrogen and oxygen atoms in total. The summed E-state index contributed by atoms with van der Waals surface area (Å²) in [7, 11) is 0. The Labute approximate surface area is 93.6 Å². The van der Waals surface area contributed by atoms with Gasteiger partial charge < -0.3 is 0 Å². The SMILES string of the molecule is O=c1[nH]c(Cl)nc2c(Cl)ccc(Cl)c12. The number of benzene rings is 1. The zero-order valence-corrected chi connectivity index (χ0v) is 8.91. The average Bonchev–Trinajstić information content (AvgIpc) is 2.10. The van der Waals surface area contributed by atoms with Crippen molar-refractivity contribution in [1.29, 1.82) is 0 Å². The highest BCUT2D eigenvalue weighted by Crippen LogP contribution is 2.25. The average molecular weight is 249 g/mol. The van der Waals surface area contributed by atoms with Crippen molar-refractivity contribution >= 4 is 45.7 Å². The lowest BCUT2D eigenvalue weighted by Crippen LogP contribution is -2.08. The van der Waals surface area contributed by atoms with E-state index in [1.165, 1.54) is 6.07 Å². The number of H-pyrrole nitrogens is 1. The summed E-state index contributed by atoms with van der Waals surface area (Å²) >= 11 is 17.2. The fraction of sp³-hybridized carbons (Fsp3) is 0. The normalized spacial score (nSPS) is 10.8. The van der Waals surface area contributed by atoms with Gasteiger partial charge in [-0.15, -0.1) is 0 Å². The highest BCUT2D eigenvalue weighted by Gasteiger charge is 2.09. The first-order valence-electron chi connectivity index (χ1n) is 3.63. The summed E-state index contributed by atoms with van der Waals surface area (Å²) in [6, 6.07) is 3.10. The van der Waals surface area contributed by atoms with E-state index >= 15 is 0 Å². The topological polar surface area (TPSA) is 45.8 Å². The van der Waals surface area contributed by atoms with Crippen molar-refractivity contribution in [2.45, 2.75) is 0 Å². The number of aromatic nitrogens is 2. The minimum Gasteiger partial charge on any atom is -0.297 e. The summed E-state index contributed by atoms with van der Waals surface area (Å²) in [5.74, 6) is 0. The molecule has 2 aromatic rings. The molecule has 0 aliphatic rings. The lowest BCUT2D eigenvalue weighted by molar-refractivity contribution is 1.17. The van der Waals surface area contributed by atoms with Crippen molar-refractivity contribution in [1.82, 2.24) is 9.97 Å². The predicted molar refractivity (Wildman–Crippen MR) is 57.4 cm³/mol. The fourth-order valence-corrected chi connectivity index (χ4v) is 1.76. The molecule has 0 saturated heterocycles. The van der Waals surface area contributed by atoms with E-state index in [9.17, 15) is 4.79 Å². The first kappa shape index (κ1) is 9.77. The second-order valence-electron chi connectivity index (χ2n) is 2.61. The Hall–Kier alpha value is -0.770. The van der Waals surface area contributed by atoms with E-state index in [0.29, 0.717) is 15.6 Å². The number of nitrogens with zero attached hydrogens (tertiary/aromatic N) is 1. The highest BCUT2D eigenvalue weighted by atomic mass is 35.5. The van der Waals surface area contributed by atoms with Crippen LogP contribution in [-0.2, 0) is 0 Å². The first-order valence-corrected chi connectivity index (χ1v) is 4.76. The zero-order chi connectivity index (χ0) is 10.3. The molecule has 0 spiro atoms. The van der Waals surface area contributed by atoms with Crippen LogP contribution in [0, 0.1) is 0 Å². The molecule has 0 atom stereocenters. The fourth-order valence-electron chi connectivity index (χ4n) is 1.15. The molecule has 0 aliphatic heterocycles. The second kappa shape index (κ2) is 3.42. The van der Waals surface area contributed by atoms with Gasteiger partial charge in [0.25, 0.3) is 5.56 Å². The molecule has 6 heteroatoms. The van der Waals surface area contributed by atoms with E-state index in [0.717, 1.165) is 0 Å². The van der Waals surface area contributed by atoms with Gasteiger partial charge in [-0.25, -0.2) is 4.98 Å². The van der Waals surface area contributed by atoms with Crippen LogP contribution in [0.25, 0.3) is 10.9 Å². The van der Waals surface area contributed by atoms with Gasteiger partial charge in [-0.05, 0) is 23.7 Å². The number of hydrogen-bond acceptors (Lipinski definition) is 2. The van der Waals surface area contributed by atoms with Crippen LogP contribution in [0.5, 0.6) is 0 Å². The molecule has 0 saturated carbocycles. The molecule has 1 N–H and O–H groups in total. The summed E-state index contributed by atoms with van der Waals surface area (Å²) in [6.45, 7) is 0. The van der Waals surface area contributed by atoms with Crippen molar-refractivity contribution in [3.8, 4) is 0 Å². The third-order valence-electron chi connectivity index (χ3n) is 1.73. The Balaban J connectivity index is 3.08. The van der Waals surface area contributed by atoms with Crippen LogP contribution in [0.4, 0.5) is 0 Å². The van der Waals surface area contributed by atoms with Crippen LogP contribution < -0.4 is 5.56 Å². The Bertz CT molecular complexity index is 564. The minimum atomic E-state index is -0.396. The molecule has 1 aromatic carbocycles. The molecule has 1 heterocycles. The number of fused-ring (bicyclic) bond motifs is 1. The van der Waals surface area contributed by atoms with Crippen LogP contribution in [-0.4, -0.2) is 9.97 Å². The minimum absolute atomic E-state index is 0.00772. The lowest BCUT2D eigenvalue weighted by atomic mass is 10.2. The van der Waals surface area contributed by atoms with Crippen LogP contribution in [0.3, 0.4) is 0 Å². The first-order chi connectivity index (χ1) is 6.59. The van der Waals surface area contributed by atoms with Gasteiger partial charge in [-0.1, -0.05) is 23.2 Å². The lowest BCUT2D eigenvalue weighted by Gasteiger charge is -2.00. The van der Waals surface area contributed by atoms with Crippen molar-refractivity contribution in [2.75, 3.05) is 0 Å². The van der Waals surface area contributed by atoms with Gasteiger partial charge in [0.2, 0.25) is 5.28 Å². The van der Waals surface area contributed by atoms with Crippen LogP contribution in [0.15, 0.2) is 16.9 Å². The molecule has 0 unspecified atom stereocenters. The van der Waals surface area contributed by atoms with Crippen molar-refractivity contribution < 1.29 is 0 Å². The molecule has 0 radical (unpaired) electrons. The summed E-state index contributed by atoms with van der Waals surface area (Å²) in [4.78, 5) is 17.7. The molecule has 1 aromatic heterocycles. The van der Waals surface area contributed by atoms with Gasteiger partial charge >= 0.3 is 0 Å². The Kier molecular flexibility index (Phi) is 2.39. The summed E-state index contributed by atoms with van der Waals surface area (Å²) in [5, 5.41) is 0.891. The van der Waals surface area contributed by atoms with Gasteiger partial charge in [-0.3, -0.25) is 9.78 Å². The molecule has 72 valence electrons. The number of aromatic amines is 1. The zero-order valence-electron chi connectivity index (χ0n) is 6.64. The van der Waals surface area contributed by atoms with E-state index in [2.05, 4.69) is 9.97 Å². The van der Waals surface area contributed by atoms with E-state index < -0.39 is 5.56 Å². The molecule has 0 fully saturated rings. The van der Waals surface area contributed by atoms with Gasteiger partial charge in [0.15, 0.2) is 0 Å². The molecule has 2 rings (SSSR count). The largest absolute Gasteiger partial charge is 0.297 e. The molecule has 0 bridgehead atoms. The Morgan fingerprint density at radius 1 is 1.14 bits per heavy atom. The van der Waals surface area contributed by atoms with E-state index in [-0.39, 0.29) is 10.7 Å². The summed E-state index contributed by atoms with van der Waals surface area (Å²) < 4.78 is 0. The van der Waals surface area contributed by atoms with Crippen LogP contribution in [0.1, 0.15) is 0 Å². The Morgan fingerprint density at radius 3 is 2.50 bits per heavy atom. The number of hydrogen-bond donors (Lipinski definition) is 1. The van der Waals surface area contributed by atoms with E-state index in [1.54, 1.807) is 6.07 Å². The summed E-state index contributed by atoms with van der Waals surface area (Å²) in [6.07, 6.45) is 0. The van der Waals surface area contributed by atoms with E-state index in [1.807, 2.05) is 0 Å². The van der Waals surface area contributed by atoms with Crippen LogP contribution >= 0.6 is 34.8 Å². The predicted octanol–water partition coefficient (Wildman–Crippen LogP) is 2.88. The summed E-state index contributed by atoms with van der Waals surface area (Å²) in [5.41, 5.74) is -0.0829. The Morgan fingerprint density at radius 2 is 1.79 bits per heavy atom. The van der Waals surface area contributed by atoms with Crippen molar-refractivity contribution in [2.24, 2.45) is 0 Å². The third kappa shape index (κ3) is 1.47. The monoisotopic (exact) mass is 248 g/mol. The quantitative estimate of drug-likeness (QED) is 0.730. The number of rotatable bonds is 0. The van der Waals surface area contributed by atoms with Crippen molar-refractivity contribution in [3.05, 3.63) is 37.8 Å². The number of nitrogens with one attached hydrogen (secondary N) is 1. The highest BCUT2D eigenvalue weighted by molar-refractivity contribution is 6.40.